The predicted octanol–water partition coefficient (Wildman–Crippen LogP) is 4.27. The highest BCUT2D eigenvalue weighted by atomic mass is 32.1. The van der Waals surface area contributed by atoms with E-state index in [1.165, 1.54) is 11.3 Å². The second-order valence-electron chi connectivity index (χ2n) is 8.42. The maximum atomic E-state index is 13.2. The first-order valence-electron chi connectivity index (χ1n) is 11.5. The van der Waals surface area contributed by atoms with Gasteiger partial charge < -0.3 is 19.3 Å². The number of nitrogens with zero attached hydrogens (tertiary/aromatic N) is 5. The van der Waals surface area contributed by atoms with Gasteiger partial charge in [-0.2, -0.15) is 0 Å². The molecule has 1 saturated heterocycles. The van der Waals surface area contributed by atoms with Crippen molar-refractivity contribution in [3.8, 4) is 33.3 Å². The maximum Gasteiger partial charge on any atom is 0.265 e. The molecule has 1 amide bonds. The van der Waals surface area contributed by atoms with E-state index in [2.05, 4.69) is 20.1 Å². The number of carbonyl (C=O) groups excluding carboxylic acids is 1. The van der Waals surface area contributed by atoms with E-state index in [1.54, 1.807) is 0 Å². The van der Waals surface area contributed by atoms with Crippen LogP contribution >= 0.6 is 11.3 Å². The van der Waals surface area contributed by atoms with E-state index in [9.17, 15) is 4.79 Å². The van der Waals surface area contributed by atoms with Gasteiger partial charge in [-0.3, -0.25) is 4.79 Å². The number of thiazole rings is 1. The van der Waals surface area contributed by atoms with Crippen molar-refractivity contribution in [3.05, 3.63) is 71.2 Å². The fraction of sp³-hybridized carbons (Fsp3) is 0.231. The Morgan fingerprint density at radius 3 is 2.46 bits per heavy atom. The highest BCUT2D eigenvalue weighted by Crippen LogP contribution is 2.35. The molecule has 2 aromatic heterocycles. The summed E-state index contributed by atoms with van der Waals surface area (Å²) in [5.41, 5.74) is 3.52. The number of fused-ring (bicyclic) bond motifs is 1. The lowest BCUT2D eigenvalue weighted by Gasteiger charge is -2.35. The molecule has 1 fully saturated rings. The Hall–Kier alpha value is -3.98. The van der Waals surface area contributed by atoms with E-state index in [1.807, 2.05) is 72.5 Å². The number of ether oxygens (including phenoxy) is 2. The van der Waals surface area contributed by atoms with Crippen molar-refractivity contribution in [3.63, 3.8) is 0 Å². The zero-order valence-corrected chi connectivity index (χ0v) is 20.0. The molecule has 0 aliphatic carbocycles. The first-order chi connectivity index (χ1) is 17.2. The molecule has 0 radical (unpaired) electrons. The van der Waals surface area contributed by atoms with Crippen molar-refractivity contribution >= 4 is 23.1 Å². The number of anilines is 1. The van der Waals surface area contributed by atoms with Gasteiger partial charge in [0.05, 0.1) is 11.4 Å². The number of amides is 1. The van der Waals surface area contributed by atoms with Gasteiger partial charge in [-0.25, -0.2) is 4.98 Å². The van der Waals surface area contributed by atoms with Gasteiger partial charge in [-0.1, -0.05) is 30.3 Å². The molecule has 2 aromatic carbocycles. The van der Waals surface area contributed by atoms with Gasteiger partial charge in [-0.05, 0) is 37.3 Å². The van der Waals surface area contributed by atoms with E-state index in [-0.39, 0.29) is 12.7 Å². The summed E-state index contributed by atoms with van der Waals surface area (Å²) >= 11 is 1.46. The maximum absolute atomic E-state index is 13.2. The Morgan fingerprint density at radius 2 is 1.69 bits per heavy atom. The quantitative estimate of drug-likeness (QED) is 0.427. The fourth-order valence-electron chi connectivity index (χ4n) is 4.29. The predicted molar refractivity (Wildman–Crippen MR) is 134 cm³/mol. The first kappa shape index (κ1) is 21.5. The van der Waals surface area contributed by atoms with Gasteiger partial charge in [0, 0.05) is 37.3 Å². The number of carbonyl (C=O) groups is 1. The summed E-state index contributed by atoms with van der Waals surface area (Å²) in [5.74, 6) is 2.32. The molecule has 176 valence electrons. The van der Waals surface area contributed by atoms with Crippen molar-refractivity contribution in [1.82, 2.24) is 20.1 Å². The minimum Gasteiger partial charge on any atom is -0.454 e. The number of aromatic nitrogens is 3. The number of piperazine rings is 1. The molecule has 2 aliphatic heterocycles. The van der Waals surface area contributed by atoms with Crippen LogP contribution in [0.5, 0.6) is 11.5 Å². The van der Waals surface area contributed by atoms with Crippen LogP contribution < -0.4 is 14.4 Å². The minimum absolute atomic E-state index is 0.0473. The smallest absolute Gasteiger partial charge is 0.265 e. The molecular formula is C26H23N5O3S. The SMILES string of the molecule is Cc1nc(-c2ccccc2)sc1C(=O)N1CCN(c2ccc(-c3ccc4c(c3)OCO4)nn2)CC1. The average molecular weight is 486 g/mol. The van der Waals surface area contributed by atoms with Crippen LogP contribution in [0.4, 0.5) is 5.82 Å². The molecule has 4 aromatic rings. The summed E-state index contributed by atoms with van der Waals surface area (Å²) in [4.78, 5) is 22.6. The lowest BCUT2D eigenvalue weighted by molar-refractivity contribution is 0.0750. The van der Waals surface area contributed by atoms with Crippen LogP contribution in [0.15, 0.2) is 60.7 Å². The van der Waals surface area contributed by atoms with E-state index in [0.717, 1.165) is 44.8 Å². The monoisotopic (exact) mass is 485 g/mol. The van der Waals surface area contributed by atoms with E-state index >= 15 is 0 Å². The molecular weight excluding hydrogens is 462 g/mol. The van der Waals surface area contributed by atoms with Gasteiger partial charge in [0.15, 0.2) is 17.3 Å². The molecule has 0 unspecified atom stereocenters. The van der Waals surface area contributed by atoms with Crippen LogP contribution in [0.1, 0.15) is 15.4 Å². The Morgan fingerprint density at radius 1 is 0.886 bits per heavy atom. The first-order valence-corrected chi connectivity index (χ1v) is 12.3. The molecule has 9 heteroatoms. The largest absolute Gasteiger partial charge is 0.454 e. The number of hydrogen-bond acceptors (Lipinski definition) is 8. The van der Waals surface area contributed by atoms with Gasteiger partial charge in [0.25, 0.3) is 5.91 Å². The minimum atomic E-state index is 0.0473. The molecule has 6 rings (SSSR count). The summed E-state index contributed by atoms with van der Waals surface area (Å²) in [7, 11) is 0. The summed E-state index contributed by atoms with van der Waals surface area (Å²) in [6.45, 7) is 4.81. The zero-order chi connectivity index (χ0) is 23.8. The lowest BCUT2D eigenvalue weighted by Crippen LogP contribution is -2.49. The lowest BCUT2D eigenvalue weighted by atomic mass is 10.1. The molecule has 35 heavy (non-hydrogen) atoms. The summed E-state index contributed by atoms with van der Waals surface area (Å²) < 4.78 is 10.8. The Balaban J connectivity index is 1.11. The molecule has 0 bridgehead atoms. The standard InChI is InChI=1S/C26H23N5O3S/c1-17-24(35-25(27-17)18-5-3-2-4-6-18)26(32)31-13-11-30(12-14-31)23-10-8-20(28-29-23)19-7-9-21-22(15-19)34-16-33-21/h2-10,15H,11-14,16H2,1H3. The number of rotatable bonds is 4. The van der Waals surface area contributed by atoms with Crippen LogP contribution in [0.2, 0.25) is 0 Å². The third-order valence-electron chi connectivity index (χ3n) is 6.22. The Bertz CT molecular complexity index is 1370. The molecule has 0 saturated carbocycles. The summed E-state index contributed by atoms with van der Waals surface area (Å²) in [5, 5.41) is 9.74. The molecule has 0 N–H and O–H groups in total. The van der Waals surface area contributed by atoms with Crippen molar-refractivity contribution in [2.75, 3.05) is 37.9 Å². The molecule has 0 atom stereocenters. The van der Waals surface area contributed by atoms with Crippen molar-refractivity contribution in [2.24, 2.45) is 0 Å². The second-order valence-corrected chi connectivity index (χ2v) is 9.42. The highest BCUT2D eigenvalue weighted by molar-refractivity contribution is 7.17. The Labute approximate surface area is 206 Å². The van der Waals surface area contributed by atoms with Crippen molar-refractivity contribution in [1.29, 1.82) is 0 Å². The molecule has 0 spiro atoms. The van der Waals surface area contributed by atoms with Crippen LogP contribution in [0.25, 0.3) is 21.8 Å². The normalized spacial score (nSPS) is 14.9. The van der Waals surface area contributed by atoms with Gasteiger partial charge >= 0.3 is 0 Å². The number of benzene rings is 2. The number of hydrogen-bond donors (Lipinski definition) is 0. The van der Waals surface area contributed by atoms with Gasteiger partial charge in [0.2, 0.25) is 6.79 Å². The zero-order valence-electron chi connectivity index (χ0n) is 19.2. The topological polar surface area (TPSA) is 80.7 Å². The fourth-order valence-corrected chi connectivity index (χ4v) is 5.32. The summed E-state index contributed by atoms with van der Waals surface area (Å²) in [6, 6.07) is 19.7. The van der Waals surface area contributed by atoms with Crippen LogP contribution in [-0.2, 0) is 0 Å². The highest BCUT2D eigenvalue weighted by Gasteiger charge is 2.26. The van der Waals surface area contributed by atoms with Gasteiger partial charge in [0.1, 0.15) is 9.88 Å². The van der Waals surface area contributed by atoms with Gasteiger partial charge in [-0.15, -0.1) is 21.5 Å². The third kappa shape index (κ3) is 4.19. The summed E-state index contributed by atoms with van der Waals surface area (Å²) in [6.07, 6.45) is 0. The van der Waals surface area contributed by atoms with E-state index < -0.39 is 0 Å². The van der Waals surface area contributed by atoms with Crippen molar-refractivity contribution < 1.29 is 14.3 Å². The average Bonchev–Trinajstić information content (AvgIpc) is 3.55. The molecule has 8 nitrogen and oxygen atoms in total. The van der Waals surface area contributed by atoms with E-state index in [4.69, 9.17) is 9.47 Å². The number of aryl methyl sites for hydroxylation is 1. The van der Waals surface area contributed by atoms with Crippen LogP contribution in [-0.4, -0.2) is 59.0 Å². The third-order valence-corrected chi connectivity index (χ3v) is 7.42. The van der Waals surface area contributed by atoms with Crippen molar-refractivity contribution in [2.45, 2.75) is 6.92 Å². The Kier molecular flexibility index (Phi) is 5.54. The molecule has 2 aliphatic rings. The van der Waals surface area contributed by atoms with Crippen LogP contribution in [0, 0.1) is 6.92 Å². The molecule has 4 heterocycles. The second kappa shape index (κ2) is 8.99. The van der Waals surface area contributed by atoms with E-state index in [0.29, 0.717) is 31.1 Å². The van der Waals surface area contributed by atoms with Crippen LogP contribution in [0.3, 0.4) is 0 Å².